The number of furan rings is 1. The number of nitrogens with zero attached hydrogens (tertiary/aromatic N) is 1. The van der Waals surface area contributed by atoms with E-state index in [-0.39, 0.29) is 0 Å². The van der Waals surface area contributed by atoms with Gasteiger partial charge in [0, 0.05) is 54.5 Å². The molecule has 3 heterocycles. The third-order valence-corrected chi connectivity index (χ3v) is 10.7. The van der Waals surface area contributed by atoms with E-state index in [1.165, 1.54) is 43.0 Å². The van der Waals surface area contributed by atoms with Gasteiger partial charge in [-0.3, -0.25) is 0 Å². The van der Waals surface area contributed by atoms with Crippen LogP contribution in [-0.2, 0) is 6.42 Å². The molecule has 0 radical (unpaired) electrons. The van der Waals surface area contributed by atoms with Gasteiger partial charge in [-0.15, -0.1) is 17.8 Å². The first-order valence-corrected chi connectivity index (χ1v) is 15.7. The number of fused-ring (bicyclic) bond motifs is 10. The number of allylic oxidation sites excluding steroid dienone is 2. The Morgan fingerprint density at radius 3 is 2.79 bits per heavy atom. The Hall–Kier alpha value is -4.52. The van der Waals surface area contributed by atoms with Crippen LogP contribution in [0.3, 0.4) is 0 Å². The number of thiophene rings is 1. The van der Waals surface area contributed by atoms with E-state index in [4.69, 9.17) is 10.8 Å². The van der Waals surface area contributed by atoms with Gasteiger partial charge in [0.15, 0.2) is 0 Å². The zero-order valence-corrected chi connectivity index (χ0v) is 24.2. The smallest absolute Gasteiger partial charge is 0.135 e. The van der Waals surface area contributed by atoms with Gasteiger partial charge in [-0.2, -0.15) is 0 Å². The summed E-state index contributed by atoms with van der Waals surface area (Å²) in [6, 6.07) is 26.6. The van der Waals surface area contributed by atoms with E-state index in [1.807, 2.05) is 23.5 Å². The number of rotatable bonds is 2. The third kappa shape index (κ3) is 3.39. The highest BCUT2D eigenvalue weighted by molar-refractivity contribution is 7.19. The van der Waals surface area contributed by atoms with Crippen molar-refractivity contribution in [2.75, 3.05) is 4.90 Å². The number of hydrogen-bond acceptors (Lipinski definition) is 3. The highest BCUT2D eigenvalue weighted by atomic mass is 32.1. The van der Waals surface area contributed by atoms with Crippen molar-refractivity contribution < 1.29 is 4.42 Å². The van der Waals surface area contributed by atoms with Crippen LogP contribution in [0.4, 0.5) is 11.4 Å². The van der Waals surface area contributed by atoms with Crippen LogP contribution in [0, 0.1) is 18.3 Å². The standard InChI is InChI=1S/C39H29NOS/c1-3-24-13-17-32(30(21-24)25-14-18-35-31(22-25)27-8-4-6-10-34(27)41-35)40-33-20-23(2)12-15-26(33)28-16-19-37-38(39(28)40)29-9-5-7-11-36(29)42-37/h1,4-6,8-10,12-19,21-23,26,33H,7,11,20H2,2H3. The van der Waals surface area contributed by atoms with E-state index in [2.05, 4.69) is 103 Å². The maximum atomic E-state index is 6.18. The van der Waals surface area contributed by atoms with Crippen LogP contribution in [-0.4, -0.2) is 6.04 Å². The van der Waals surface area contributed by atoms with Crippen molar-refractivity contribution in [1.29, 1.82) is 0 Å². The van der Waals surface area contributed by atoms with Crippen LogP contribution in [0.15, 0.2) is 95.4 Å². The number of hydrogen-bond donors (Lipinski definition) is 0. The molecule has 42 heavy (non-hydrogen) atoms. The van der Waals surface area contributed by atoms with Gasteiger partial charge in [-0.05, 0) is 84.3 Å². The van der Waals surface area contributed by atoms with Gasteiger partial charge < -0.3 is 9.32 Å². The Morgan fingerprint density at radius 1 is 0.952 bits per heavy atom. The normalized spacial score (nSPS) is 20.7. The summed E-state index contributed by atoms with van der Waals surface area (Å²) >= 11 is 1.97. The summed E-state index contributed by atoms with van der Waals surface area (Å²) in [5.41, 5.74) is 10.5. The second-order valence-electron chi connectivity index (χ2n) is 12.0. The molecule has 0 N–H and O–H groups in total. The molecule has 0 saturated carbocycles. The first kappa shape index (κ1) is 24.1. The molecule has 0 fully saturated rings. The minimum atomic E-state index is 0.350. The average Bonchev–Trinajstić information content (AvgIpc) is 3.69. The van der Waals surface area contributed by atoms with Gasteiger partial charge in [-0.1, -0.05) is 67.5 Å². The zero-order valence-electron chi connectivity index (χ0n) is 23.4. The van der Waals surface area contributed by atoms with Crippen LogP contribution in [0.1, 0.15) is 47.3 Å². The minimum absolute atomic E-state index is 0.350. The molecule has 1 aliphatic heterocycles. The van der Waals surface area contributed by atoms with Crippen molar-refractivity contribution in [3.63, 3.8) is 0 Å². The third-order valence-electron chi connectivity index (χ3n) is 9.51. The molecule has 202 valence electrons. The summed E-state index contributed by atoms with van der Waals surface area (Å²) in [4.78, 5) is 4.20. The number of para-hydroxylation sites is 1. The fourth-order valence-electron chi connectivity index (χ4n) is 7.61. The van der Waals surface area contributed by atoms with Crippen molar-refractivity contribution in [1.82, 2.24) is 0 Å². The van der Waals surface area contributed by atoms with Gasteiger partial charge in [0.05, 0.1) is 5.69 Å². The van der Waals surface area contributed by atoms with E-state index in [1.54, 1.807) is 0 Å². The van der Waals surface area contributed by atoms with Gasteiger partial charge in [-0.25, -0.2) is 0 Å². The van der Waals surface area contributed by atoms with Gasteiger partial charge in [0.2, 0.25) is 0 Å². The molecule has 0 bridgehead atoms. The Bertz CT molecular complexity index is 2180. The fraction of sp³-hybridized carbons (Fsp3) is 0.179. The first-order chi connectivity index (χ1) is 20.7. The molecule has 6 aromatic rings. The monoisotopic (exact) mass is 559 g/mol. The molecule has 3 atom stereocenters. The molecule has 3 heteroatoms. The summed E-state index contributed by atoms with van der Waals surface area (Å²) in [5, 5.41) is 3.69. The second kappa shape index (κ2) is 8.99. The SMILES string of the molecule is C#Cc1ccc(N2c3c(ccc4sc5c(c34)C=CCC5)C3C=CC(C)CC32)c(-c2ccc3oc4ccccc4c3c2)c1. The number of anilines is 2. The van der Waals surface area contributed by atoms with E-state index in [9.17, 15) is 0 Å². The lowest BCUT2D eigenvalue weighted by Gasteiger charge is -2.35. The fourth-order valence-corrected chi connectivity index (χ4v) is 8.82. The topological polar surface area (TPSA) is 16.4 Å². The predicted octanol–water partition coefficient (Wildman–Crippen LogP) is 10.6. The Kier molecular flexibility index (Phi) is 5.16. The Balaban J connectivity index is 1.33. The maximum absolute atomic E-state index is 6.18. The largest absolute Gasteiger partial charge is 0.456 e. The molecule has 2 aromatic heterocycles. The first-order valence-electron chi connectivity index (χ1n) is 14.9. The van der Waals surface area contributed by atoms with Crippen LogP contribution in [0.5, 0.6) is 0 Å². The molecule has 3 aliphatic rings. The van der Waals surface area contributed by atoms with E-state index in [0.29, 0.717) is 17.9 Å². The molecule has 2 nitrogen and oxygen atoms in total. The second-order valence-corrected chi connectivity index (χ2v) is 13.1. The molecule has 3 unspecified atom stereocenters. The quantitative estimate of drug-likeness (QED) is 0.155. The van der Waals surface area contributed by atoms with E-state index in [0.717, 1.165) is 52.3 Å². The lowest BCUT2D eigenvalue weighted by molar-refractivity contribution is 0.485. The highest BCUT2D eigenvalue weighted by Crippen LogP contribution is 2.56. The lowest BCUT2D eigenvalue weighted by Crippen LogP contribution is -2.33. The Morgan fingerprint density at radius 2 is 1.86 bits per heavy atom. The molecule has 0 saturated heterocycles. The predicted molar refractivity (Wildman–Crippen MR) is 178 cm³/mol. The molecular weight excluding hydrogens is 531 g/mol. The molecule has 0 amide bonds. The average molecular weight is 560 g/mol. The van der Waals surface area contributed by atoms with Crippen molar-refractivity contribution >= 4 is 60.8 Å². The molecule has 9 rings (SSSR count). The minimum Gasteiger partial charge on any atom is -0.456 e. The zero-order chi connectivity index (χ0) is 27.9. The maximum Gasteiger partial charge on any atom is 0.135 e. The van der Waals surface area contributed by atoms with Crippen molar-refractivity contribution in [2.24, 2.45) is 5.92 Å². The molecular formula is C39H29NOS. The summed E-state index contributed by atoms with van der Waals surface area (Å²) in [6.45, 7) is 2.35. The number of aryl methyl sites for hydroxylation is 1. The summed E-state index contributed by atoms with van der Waals surface area (Å²) in [6.07, 6.45) is 19.0. The van der Waals surface area contributed by atoms with E-state index >= 15 is 0 Å². The van der Waals surface area contributed by atoms with E-state index < -0.39 is 0 Å². The summed E-state index contributed by atoms with van der Waals surface area (Å²) < 4.78 is 7.57. The van der Waals surface area contributed by atoms with Crippen molar-refractivity contribution in [3.05, 3.63) is 113 Å². The molecule has 0 spiro atoms. The van der Waals surface area contributed by atoms with Crippen LogP contribution in [0.25, 0.3) is 49.2 Å². The molecule has 2 aliphatic carbocycles. The number of benzene rings is 4. The van der Waals surface area contributed by atoms with Gasteiger partial charge in [0.1, 0.15) is 11.2 Å². The lowest BCUT2D eigenvalue weighted by atomic mass is 9.83. The highest BCUT2D eigenvalue weighted by Gasteiger charge is 2.42. The van der Waals surface area contributed by atoms with Gasteiger partial charge in [0.25, 0.3) is 0 Å². The number of terminal acetylenes is 1. The van der Waals surface area contributed by atoms with Crippen LogP contribution < -0.4 is 4.90 Å². The molecule has 4 aromatic carbocycles. The Labute approximate surface area is 249 Å². The van der Waals surface area contributed by atoms with Crippen LogP contribution in [0.2, 0.25) is 0 Å². The van der Waals surface area contributed by atoms with Crippen LogP contribution >= 0.6 is 11.3 Å². The van der Waals surface area contributed by atoms with Crippen molar-refractivity contribution in [2.45, 2.75) is 38.1 Å². The summed E-state index contributed by atoms with van der Waals surface area (Å²) in [5.74, 6) is 3.80. The summed E-state index contributed by atoms with van der Waals surface area (Å²) in [7, 11) is 0. The van der Waals surface area contributed by atoms with Crippen molar-refractivity contribution in [3.8, 4) is 23.5 Å². The van der Waals surface area contributed by atoms with Gasteiger partial charge >= 0.3 is 0 Å².